The molecule has 0 fully saturated rings. The first-order valence-electron chi connectivity index (χ1n) is 3.79. The summed E-state index contributed by atoms with van der Waals surface area (Å²) in [6, 6.07) is 5.87. The fraction of sp³-hybridized carbons (Fsp3) is 0.111. The van der Waals surface area contributed by atoms with Crippen molar-refractivity contribution in [3.8, 4) is 5.40 Å². The van der Waals surface area contributed by atoms with Crippen LogP contribution >= 0.6 is 11.8 Å². The van der Waals surface area contributed by atoms with Crippen molar-refractivity contribution in [2.75, 3.05) is 0 Å². The van der Waals surface area contributed by atoms with Gasteiger partial charge in [-0.25, -0.2) is 0 Å². The first kappa shape index (κ1) is 8.14. The largest absolute Gasteiger partial charge is 0.268 e. The summed E-state index contributed by atoms with van der Waals surface area (Å²) in [7, 11) is 1.89. The molecule has 1 aromatic heterocycles. The van der Waals surface area contributed by atoms with Crippen LogP contribution in [0, 0.1) is 10.7 Å². The maximum Gasteiger partial charge on any atom is 0.138 e. The Kier molecular flexibility index (Phi) is 1.95. The van der Waals surface area contributed by atoms with Gasteiger partial charge in [-0.05, 0) is 23.9 Å². The monoisotopic (exact) mass is 189 g/mol. The van der Waals surface area contributed by atoms with Gasteiger partial charge in [0.2, 0.25) is 0 Å². The fourth-order valence-corrected chi connectivity index (χ4v) is 1.65. The summed E-state index contributed by atoms with van der Waals surface area (Å²) in [5, 5.41) is 15.8. The van der Waals surface area contributed by atoms with Gasteiger partial charge >= 0.3 is 0 Å². The topological polar surface area (TPSA) is 41.6 Å². The Hall–Kier alpha value is -1.47. The highest BCUT2D eigenvalue weighted by molar-refractivity contribution is 8.03. The molecule has 3 nitrogen and oxygen atoms in total. The van der Waals surface area contributed by atoms with Crippen LogP contribution in [0.15, 0.2) is 29.3 Å². The van der Waals surface area contributed by atoms with Crippen LogP contribution in [0.5, 0.6) is 0 Å². The molecular weight excluding hydrogens is 182 g/mol. The van der Waals surface area contributed by atoms with E-state index in [4.69, 9.17) is 5.26 Å². The van der Waals surface area contributed by atoms with E-state index < -0.39 is 0 Å². The molecule has 0 atom stereocenters. The van der Waals surface area contributed by atoms with Crippen LogP contribution in [0.4, 0.5) is 0 Å². The number of rotatable bonds is 1. The number of nitriles is 1. The van der Waals surface area contributed by atoms with Crippen molar-refractivity contribution in [2.45, 2.75) is 4.90 Å². The second kappa shape index (κ2) is 3.11. The zero-order chi connectivity index (χ0) is 9.26. The summed E-state index contributed by atoms with van der Waals surface area (Å²) in [6.45, 7) is 0. The first-order valence-corrected chi connectivity index (χ1v) is 4.60. The first-order chi connectivity index (χ1) is 6.31. The van der Waals surface area contributed by atoms with Gasteiger partial charge in [0.05, 0.1) is 11.7 Å². The predicted molar refractivity (Wildman–Crippen MR) is 52.2 cm³/mol. The van der Waals surface area contributed by atoms with Crippen LogP contribution in [0.1, 0.15) is 0 Å². The highest BCUT2D eigenvalue weighted by Crippen LogP contribution is 2.21. The van der Waals surface area contributed by atoms with Gasteiger partial charge in [-0.1, -0.05) is 6.07 Å². The van der Waals surface area contributed by atoms with Crippen LogP contribution in [0.25, 0.3) is 10.9 Å². The smallest absolute Gasteiger partial charge is 0.138 e. The molecule has 0 saturated heterocycles. The molecule has 1 heterocycles. The fourth-order valence-electron chi connectivity index (χ4n) is 1.24. The molecule has 0 amide bonds. The minimum absolute atomic E-state index is 0.957. The number of hydrogen-bond acceptors (Lipinski definition) is 3. The van der Waals surface area contributed by atoms with Crippen molar-refractivity contribution in [1.82, 2.24) is 9.78 Å². The lowest BCUT2D eigenvalue weighted by Crippen LogP contribution is -1.88. The van der Waals surface area contributed by atoms with Crippen LogP contribution in [-0.2, 0) is 7.05 Å². The van der Waals surface area contributed by atoms with Gasteiger partial charge < -0.3 is 0 Å². The summed E-state index contributed by atoms with van der Waals surface area (Å²) in [5.74, 6) is 0. The summed E-state index contributed by atoms with van der Waals surface area (Å²) in [5.41, 5.74) is 1.06. The number of thioether (sulfide) groups is 1. The Morgan fingerprint density at radius 1 is 1.54 bits per heavy atom. The lowest BCUT2D eigenvalue weighted by molar-refractivity contribution is 0.796. The predicted octanol–water partition coefficient (Wildman–Crippen LogP) is 2.15. The molecule has 2 rings (SSSR count). The molecule has 0 spiro atoms. The zero-order valence-corrected chi connectivity index (χ0v) is 7.88. The molecule has 0 radical (unpaired) electrons. The van der Waals surface area contributed by atoms with Gasteiger partial charge in [-0.2, -0.15) is 10.4 Å². The van der Waals surface area contributed by atoms with E-state index in [0.29, 0.717) is 0 Å². The van der Waals surface area contributed by atoms with Crippen molar-refractivity contribution in [3.05, 3.63) is 24.4 Å². The van der Waals surface area contributed by atoms with E-state index in [9.17, 15) is 0 Å². The molecule has 0 aliphatic rings. The van der Waals surface area contributed by atoms with Crippen molar-refractivity contribution in [1.29, 1.82) is 5.26 Å². The third-order valence-corrected chi connectivity index (χ3v) is 2.46. The van der Waals surface area contributed by atoms with Crippen molar-refractivity contribution < 1.29 is 0 Å². The van der Waals surface area contributed by atoms with Crippen molar-refractivity contribution >= 4 is 22.7 Å². The number of thiocyanates is 1. The SMILES string of the molecule is Cn1ncc2ccc(SC#N)cc21. The van der Waals surface area contributed by atoms with Crippen LogP contribution in [0.2, 0.25) is 0 Å². The van der Waals surface area contributed by atoms with Gasteiger partial charge in [-0.3, -0.25) is 4.68 Å². The Bertz CT molecular complexity index is 481. The third-order valence-electron chi connectivity index (χ3n) is 1.88. The molecule has 0 aliphatic heterocycles. The summed E-state index contributed by atoms with van der Waals surface area (Å²) in [4.78, 5) is 0.957. The molecule has 13 heavy (non-hydrogen) atoms. The minimum Gasteiger partial charge on any atom is -0.268 e. The Balaban J connectivity index is 2.60. The molecule has 0 unspecified atom stereocenters. The summed E-state index contributed by atoms with van der Waals surface area (Å²) < 4.78 is 1.80. The lowest BCUT2D eigenvalue weighted by Gasteiger charge is -1.95. The minimum atomic E-state index is 0.957. The number of fused-ring (bicyclic) bond motifs is 1. The van der Waals surface area contributed by atoms with Crippen LogP contribution in [-0.4, -0.2) is 9.78 Å². The number of nitrogens with zero attached hydrogens (tertiary/aromatic N) is 3. The molecule has 4 heteroatoms. The van der Waals surface area contributed by atoms with E-state index in [1.807, 2.05) is 36.8 Å². The van der Waals surface area contributed by atoms with E-state index in [2.05, 4.69) is 5.10 Å². The van der Waals surface area contributed by atoms with Gasteiger partial charge in [0, 0.05) is 17.3 Å². The molecule has 2 aromatic rings. The van der Waals surface area contributed by atoms with E-state index in [1.165, 1.54) is 11.8 Å². The average molecular weight is 189 g/mol. The van der Waals surface area contributed by atoms with Crippen molar-refractivity contribution in [3.63, 3.8) is 0 Å². The maximum atomic E-state index is 8.50. The molecule has 1 aromatic carbocycles. The lowest BCUT2D eigenvalue weighted by atomic mass is 10.3. The van der Waals surface area contributed by atoms with E-state index in [-0.39, 0.29) is 0 Å². The average Bonchev–Trinajstić information content (AvgIpc) is 2.49. The van der Waals surface area contributed by atoms with Crippen molar-refractivity contribution in [2.24, 2.45) is 7.05 Å². The van der Waals surface area contributed by atoms with Crippen LogP contribution in [0.3, 0.4) is 0 Å². The third kappa shape index (κ3) is 1.38. The van der Waals surface area contributed by atoms with E-state index in [1.54, 1.807) is 4.68 Å². The van der Waals surface area contributed by atoms with E-state index >= 15 is 0 Å². The molecular formula is C9H7N3S. The zero-order valence-electron chi connectivity index (χ0n) is 7.06. The van der Waals surface area contributed by atoms with Gasteiger partial charge in [-0.15, -0.1) is 0 Å². The van der Waals surface area contributed by atoms with Gasteiger partial charge in [0.15, 0.2) is 0 Å². The quantitative estimate of drug-likeness (QED) is 0.510. The van der Waals surface area contributed by atoms with E-state index in [0.717, 1.165) is 15.8 Å². The molecule has 0 N–H and O–H groups in total. The summed E-state index contributed by atoms with van der Waals surface area (Å²) in [6.07, 6.45) is 1.82. The number of benzene rings is 1. The highest BCUT2D eigenvalue weighted by Gasteiger charge is 2.00. The number of aromatic nitrogens is 2. The Morgan fingerprint density at radius 3 is 3.15 bits per heavy atom. The molecule has 0 aliphatic carbocycles. The van der Waals surface area contributed by atoms with Crippen LogP contribution < -0.4 is 0 Å². The number of aryl methyl sites for hydroxylation is 1. The van der Waals surface area contributed by atoms with Gasteiger partial charge in [0.25, 0.3) is 0 Å². The molecule has 0 saturated carbocycles. The summed E-state index contributed by atoms with van der Waals surface area (Å²) >= 11 is 1.17. The van der Waals surface area contributed by atoms with Gasteiger partial charge in [0.1, 0.15) is 5.40 Å². The second-order valence-corrected chi connectivity index (χ2v) is 3.54. The normalized spacial score (nSPS) is 10.2. The second-order valence-electron chi connectivity index (χ2n) is 2.68. The standard InChI is InChI=1S/C9H7N3S/c1-12-9-4-8(13-6-10)3-2-7(9)5-11-12/h2-5H,1H3. The maximum absolute atomic E-state index is 8.50. The Morgan fingerprint density at radius 2 is 2.38 bits per heavy atom. The molecule has 0 bridgehead atoms. The molecule has 64 valence electrons. The highest BCUT2D eigenvalue weighted by atomic mass is 32.2. The number of hydrogen-bond donors (Lipinski definition) is 0. The Labute approximate surface area is 80.0 Å².